The highest BCUT2D eigenvalue weighted by atomic mass is 32.1. The van der Waals surface area contributed by atoms with Crippen molar-refractivity contribution in [3.8, 4) is 5.75 Å². The second-order valence-electron chi connectivity index (χ2n) is 9.62. The fraction of sp³-hybridized carbons (Fsp3) is 0.344. The van der Waals surface area contributed by atoms with Crippen LogP contribution in [-0.4, -0.2) is 42.0 Å². The van der Waals surface area contributed by atoms with Crippen LogP contribution in [0.5, 0.6) is 5.75 Å². The number of hydrogen-bond acceptors (Lipinski definition) is 6. The SMILES string of the molecule is CCCCN(CCC(=O)NCCC(c1ccccc1)c1ccccc1)c1nc(Cc2cccc(OC)c2)ns1. The number of amides is 1. The van der Waals surface area contributed by atoms with Crippen molar-refractivity contribution in [1.82, 2.24) is 14.7 Å². The van der Waals surface area contributed by atoms with Crippen LogP contribution in [0.15, 0.2) is 84.9 Å². The van der Waals surface area contributed by atoms with E-state index in [1.54, 1.807) is 7.11 Å². The molecule has 4 rings (SSSR count). The van der Waals surface area contributed by atoms with Gasteiger partial charge in [-0.1, -0.05) is 86.1 Å². The van der Waals surface area contributed by atoms with E-state index < -0.39 is 0 Å². The number of nitrogens with one attached hydrogen (secondary N) is 1. The Balaban J connectivity index is 1.31. The quantitative estimate of drug-likeness (QED) is 0.186. The molecule has 39 heavy (non-hydrogen) atoms. The Kier molecular flexibility index (Phi) is 10.9. The van der Waals surface area contributed by atoms with Crippen LogP contribution in [0.4, 0.5) is 5.13 Å². The number of methoxy groups -OCH3 is 1. The van der Waals surface area contributed by atoms with Gasteiger partial charge in [-0.25, -0.2) is 4.98 Å². The summed E-state index contributed by atoms with van der Waals surface area (Å²) in [6, 6.07) is 29.0. The number of hydrogen-bond donors (Lipinski definition) is 1. The average Bonchev–Trinajstić information content (AvgIpc) is 3.44. The van der Waals surface area contributed by atoms with Crippen LogP contribution >= 0.6 is 11.5 Å². The first-order valence-corrected chi connectivity index (χ1v) is 14.5. The van der Waals surface area contributed by atoms with Crippen molar-refractivity contribution >= 4 is 22.6 Å². The summed E-state index contributed by atoms with van der Waals surface area (Å²) >= 11 is 1.41. The summed E-state index contributed by atoms with van der Waals surface area (Å²) in [5, 5.41) is 4.03. The molecule has 1 N–H and O–H groups in total. The van der Waals surface area contributed by atoms with Crippen molar-refractivity contribution in [1.29, 1.82) is 0 Å². The molecule has 0 aliphatic heterocycles. The fourth-order valence-electron chi connectivity index (χ4n) is 4.64. The molecule has 0 fully saturated rings. The second-order valence-corrected chi connectivity index (χ2v) is 10.4. The van der Waals surface area contributed by atoms with Gasteiger partial charge in [0.05, 0.1) is 7.11 Å². The van der Waals surface area contributed by atoms with Gasteiger partial charge in [0.25, 0.3) is 0 Å². The number of unbranched alkanes of at least 4 members (excludes halogenated alkanes) is 1. The number of benzene rings is 3. The highest BCUT2D eigenvalue weighted by Gasteiger charge is 2.16. The fourth-order valence-corrected chi connectivity index (χ4v) is 5.38. The van der Waals surface area contributed by atoms with Gasteiger partial charge in [0, 0.05) is 49.9 Å². The molecule has 4 aromatic rings. The minimum atomic E-state index is 0.0671. The van der Waals surface area contributed by atoms with E-state index in [0.717, 1.165) is 48.1 Å². The van der Waals surface area contributed by atoms with Gasteiger partial charge in [0.2, 0.25) is 11.0 Å². The number of ether oxygens (including phenoxy) is 1. The third kappa shape index (κ3) is 8.65. The molecule has 0 saturated heterocycles. The molecule has 1 aromatic heterocycles. The highest BCUT2D eigenvalue weighted by Crippen LogP contribution is 2.27. The van der Waals surface area contributed by atoms with E-state index in [1.807, 2.05) is 30.3 Å². The summed E-state index contributed by atoms with van der Waals surface area (Å²) in [6.07, 6.45) is 4.06. The van der Waals surface area contributed by atoms with Gasteiger partial charge in [-0.3, -0.25) is 4.79 Å². The predicted octanol–water partition coefficient (Wildman–Crippen LogP) is 6.47. The smallest absolute Gasteiger partial charge is 0.221 e. The molecular formula is C32H38N4O2S. The van der Waals surface area contributed by atoms with Gasteiger partial charge < -0.3 is 15.0 Å². The molecule has 7 heteroatoms. The molecule has 0 bridgehead atoms. The first kappa shape index (κ1) is 28.3. The van der Waals surface area contributed by atoms with Crippen molar-refractivity contribution in [2.45, 2.75) is 44.9 Å². The first-order chi connectivity index (χ1) is 19.2. The normalized spacial score (nSPS) is 10.9. The number of anilines is 1. The monoisotopic (exact) mass is 542 g/mol. The van der Waals surface area contributed by atoms with Gasteiger partial charge >= 0.3 is 0 Å². The van der Waals surface area contributed by atoms with E-state index in [9.17, 15) is 4.79 Å². The lowest BCUT2D eigenvalue weighted by Crippen LogP contribution is -2.32. The van der Waals surface area contributed by atoms with Crippen molar-refractivity contribution in [3.63, 3.8) is 0 Å². The van der Waals surface area contributed by atoms with E-state index in [0.29, 0.717) is 25.9 Å². The predicted molar refractivity (Wildman–Crippen MR) is 160 cm³/mol. The van der Waals surface area contributed by atoms with Crippen molar-refractivity contribution in [3.05, 3.63) is 107 Å². The summed E-state index contributed by atoms with van der Waals surface area (Å²) in [6.45, 7) is 4.29. The number of aromatic nitrogens is 2. The Morgan fingerprint density at radius 2 is 1.69 bits per heavy atom. The molecule has 0 atom stereocenters. The Labute approximate surface area is 236 Å². The first-order valence-electron chi connectivity index (χ1n) is 13.7. The van der Waals surface area contributed by atoms with Crippen LogP contribution in [0.3, 0.4) is 0 Å². The van der Waals surface area contributed by atoms with Crippen LogP contribution < -0.4 is 15.0 Å². The number of carbonyl (C=O) groups is 1. The topological polar surface area (TPSA) is 67.4 Å². The lowest BCUT2D eigenvalue weighted by atomic mass is 9.88. The van der Waals surface area contributed by atoms with Crippen LogP contribution in [-0.2, 0) is 11.2 Å². The molecule has 0 spiro atoms. The summed E-state index contributed by atoms with van der Waals surface area (Å²) < 4.78 is 9.93. The van der Waals surface area contributed by atoms with E-state index in [2.05, 4.69) is 76.1 Å². The number of nitrogens with zero attached hydrogens (tertiary/aromatic N) is 3. The third-order valence-corrected chi connectivity index (χ3v) is 7.59. The molecule has 6 nitrogen and oxygen atoms in total. The van der Waals surface area contributed by atoms with E-state index in [-0.39, 0.29) is 11.8 Å². The molecule has 0 aliphatic rings. The largest absolute Gasteiger partial charge is 0.497 e. The zero-order chi connectivity index (χ0) is 27.3. The van der Waals surface area contributed by atoms with Gasteiger partial charge in [-0.15, -0.1) is 0 Å². The van der Waals surface area contributed by atoms with Crippen molar-refractivity contribution in [2.24, 2.45) is 0 Å². The second kappa shape index (κ2) is 15.0. The Morgan fingerprint density at radius 1 is 0.974 bits per heavy atom. The molecular weight excluding hydrogens is 504 g/mol. The molecule has 0 aliphatic carbocycles. The maximum atomic E-state index is 12.8. The van der Waals surface area contributed by atoms with E-state index in [1.165, 1.54) is 22.7 Å². The van der Waals surface area contributed by atoms with Gasteiger partial charge in [0.15, 0.2) is 0 Å². The Bertz CT molecular complexity index is 1240. The number of carbonyl (C=O) groups excluding carboxylic acids is 1. The van der Waals surface area contributed by atoms with E-state index in [4.69, 9.17) is 9.72 Å². The van der Waals surface area contributed by atoms with Crippen LogP contribution in [0.1, 0.15) is 61.0 Å². The maximum absolute atomic E-state index is 12.8. The summed E-state index contributed by atoms with van der Waals surface area (Å²) in [5.74, 6) is 1.94. The summed E-state index contributed by atoms with van der Waals surface area (Å²) in [7, 11) is 1.67. The van der Waals surface area contributed by atoms with Gasteiger partial charge in [-0.05, 0) is 41.7 Å². The average molecular weight is 543 g/mol. The Hall–Kier alpha value is -3.71. The van der Waals surface area contributed by atoms with E-state index >= 15 is 0 Å². The Morgan fingerprint density at radius 3 is 2.36 bits per heavy atom. The van der Waals surface area contributed by atoms with Crippen LogP contribution in [0.25, 0.3) is 0 Å². The summed E-state index contributed by atoms with van der Waals surface area (Å²) in [4.78, 5) is 19.8. The molecule has 0 unspecified atom stereocenters. The van der Waals surface area contributed by atoms with Gasteiger partial charge in [-0.2, -0.15) is 4.37 Å². The lowest BCUT2D eigenvalue weighted by Gasteiger charge is -2.21. The zero-order valence-electron chi connectivity index (χ0n) is 22.9. The standard InChI is InChI=1S/C32H38N4O2S/c1-3-4-21-36(32-34-30(35-39-32)24-25-12-11-17-28(23-25)38-2)22-19-31(37)33-20-18-29(26-13-7-5-8-14-26)27-15-9-6-10-16-27/h5-17,23,29H,3-4,18-22,24H2,1-2H3,(H,33,37). The van der Waals surface area contributed by atoms with Crippen LogP contribution in [0, 0.1) is 0 Å². The number of rotatable bonds is 15. The van der Waals surface area contributed by atoms with Gasteiger partial charge in [0.1, 0.15) is 11.6 Å². The highest BCUT2D eigenvalue weighted by molar-refractivity contribution is 7.09. The molecule has 1 heterocycles. The third-order valence-electron chi connectivity index (χ3n) is 6.77. The zero-order valence-corrected chi connectivity index (χ0v) is 23.7. The van der Waals surface area contributed by atoms with Crippen molar-refractivity contribution in [2.75, 3.05) is 31.6 Å². The minimum absolute atomic E-state index is 0.0671. The molecule has 0 radical (unpaired) electrons. The van der Waals surface area contributed by atoms with Crippen LogP contribution in [0.2, 0.25) is 0 Å². The molecule has 204 valence electrons. The molecule has 1 amide bonds. The molecule has 3 aromatic carbocycles. The lowest BCUT2D eigenvalue weighted by molar-refractivity contribution is -0.120. The minimum Gasteiger partial charge on any atom is -0.497 e. The maximum Gasteiger partial charge on any atom is 0.221 e. The summed E-state index contributed by atoms with van der Waals surface area (Å²) in [5.41, 5.74) is 3.65. The van der Waals surface area contributed by atoms with Crippen molar-refractivity contribution < 1.29 is 9.53 Å². The molecule has 0 saturated carbocycles.